The summed E-state index contributed by atoms with van der Waals surface area (Å²) in [4.78, 5) is 10.1. The molecule has 4 nitrogen and oxygen atoms in total. The summed E-state index contributed by atoms with van der Waals surface area (Å²) < 4.78 is 20.5. The second-order valence-electron chi connectivity index (χ2n) is 1.28. The average Bonchev–Trinajstić information content (AvgIpc) is 1.86. The molecule has 0 saturated carbocycles. The highest BCUT2D eigenvalue weighted by Gasteiger charge is 2.21. The number of nitrogens with one attached hydrogen (secondary N) is 1. The number of hydrogen-bond acceptors (Lipinski definition) is 3. The molecule has 1 amide bonds. The smallest absolute Gasteiger partial charge is 0.318 e. The molecule has 0 atom stereocenters. The van der Waals surface area contributed by atoms with Gasteiger partial charge in [-0.2, -0.15) is 0 Å². The fraction of sp³-hybridized carbons (Fsp3) is 0. The number of rotatable bonds is 0. The van der Waals surface area contributed by atoms with E-state index < -0.39 is 15.1 Å². The van der Waals surface area contributed by atoms with E-state index in [4.69, 9.17) is 0 Å². The van der Waals surface area contributed by atoms with E-state index in [-0.39, 0.29) is 0 Å². The second kappa shape index (κ2) is 1.32. The summed E-state index contributed by atoms with van der Waals surface area (Å²) >= 11 is 0. The van der Waals surface area contributed by atoms with Gasteiger partial charge >= 0.3 is 5.24 Å². The van der Waals surface area contributed by atoms with Gasteiger partial charge in [-0.05, 0) is 0 Å². The Hall–Kier alpha value is -0.840. The van der Waals surface area contributed by atoms with Crippen LogP contribution in [0.15, 0.2) is 11.6 Å². The first-order valence-corrected chi connectivity index (χ1v) is 3.40. The van der Waals surface area contributed by atoms with E-state index in [1.165, 1.54) is 0 Å². The minimum atomic E-state index is -3.56. The van der Waals surface area contributed by atoms with Crippen LogP contribution in [0.3, 0.4) is 0 Å². The van der Waals surface area contributed by atoms with Gasteiger partial charge in [0.25, 0.3) is 9.84 Å². The van der Waals surface area contributed by atoms with Gasteiger partial charge in [-0.25, -0.2) is 8.42 Å². The lowest BCUT2D eigenvalue weighted by Gasteiger charge is -1.82. The van der Waals surface area contributed by atoms with Gasteiger partial charge in [-0.3, -0.25) is 4.79 Å². The van der Waals surface area contributed by atoms with Crippen LogP contribution in [0.1, 0.15) is 0 Å². The summed E-state index contributed by atoms with van der Waals surface area (Å²) in [6.45, 7) is 0. The predicted molar refractivity (Wildman–Crippen MR) is 26.6 cm³/mol. The molecular formula is C3H3NO3S. The summed E-state index contributed by atoms with van der Waals surface area (Å²) in [6, 6.07) is 0. The van der Waals surface area contributed by atoms with E-state index in [0.29, 0.717) is 0 Å². The van der Waals surface area contributed by atoms with E-state index in [1.807, 2.05) is 5.32 Å². The van der Waals surface area contributed by atoms with E-state index in [1.54, 1.807) is 0 Å². The minimum absolute atomic E-state index is 0.829. The number of sulfone groups is 1. The largest absolute Gasteiger partial charge is 0.344 e. The summed E-state index contributed by atoms with van der Waals surface area (Å²) in [5.41, 5.74) is 0. The standard InChI is InChI=1S/C3H3NO3S/c5-3-4-1-2-8(3,6)7/h1-2H,(H,4,5). The third kappa shape index (κ3) is 0.604. The lowest BCUT2D eigenvalue weighted by Crippen LogP contribution is -2.15. The molecule has 1 aliphatic rings. The molecule has 0 aliphatic carbocycles. The molecule has 0 saturated heterocycles. The van der Waals surface area contributed by atoms with Crippen molar-refractivity contribution in [3.8, 4) is 0 Å². The number of carbonyl (C=O) groups excluding carboxylic acids is 1. The van der Waals surface area contributed by atoms with Crippen molar-refractivity contribution in [2.24, 2.45) is 0 Å². The molecule has 1 heterocycles. The monoisotopic (exact) mass is 133 g/mol. The summed E-state index contributed by atoms with van der Waals surface area (Å²) in [7, 11) is -3.56. The van der Waals surface area contributed by atoms with Crippen molar-refractivity contribution in [3.63, 3.8) is 0 Å². The van der Waals surface area contributed by atoms with Crippen molar-refractivity contribution in [2.45, 2.75) is 0 Å². The fourth-order valence-electron chi connectivity index (χ4n) is 0.336. The van der Waals surface area contributed by atoms with Crippen LogP contribution in [0.2, 0.25) is 0 Å². The first kappa shape index (κ1) is 5.30. The fourth-order valence-corrected chi connectivity index (χ4v) is 0.939. The van der Waals surface area contributed by atoms with Crippen LogP contribution in [0.5, 0.6) is 0 Å². The normalized spacial score (nSPS) is 23.2. The molecule has 0 spiro atoms. The number of amides is 1. The highest BCUT2D eigenvalue weighted by molar-refractivity contribution is 8.08. The lowest BCUT2D eigenvalue weighted by atomic mass is 11.0. The van der Waals surface area contributed by atoms with E-state index in [9.17, 15) is 13.2 Å². The minimum Gasteiger partial charge on any atom is -0.318 e. The van der Waals surface area contributed by atoms with Gasteiger partial charge in [-0.1, -0.05) is 0 Å². The van der Waals surface area contributed by atoms with Crippen molar-refractivity contribution >= 4 is 15.1 Å². The molecule has 0 bridgehead atoms. The van der Waals surface area contributed by atoms with Gasteiger partial charge in [0.05, 0.1) is 5.41 Å². The Morgan fingerprint density at radius 2 is 2.12 bits per heavy atom. The van der Waals surface area contributed by atoms with Gasteiger partial charge in [0.1, 0.15) is 0 Å². The summed E-state index contributed by atoms with van der Waals surface area (Å²) in [5, 5.41) is 1.88. The second-order valence-corrected chi connectivity index (χ2v) is 3.01. The summed E-state index contributed by atoms with van der Waals surface area (Å²) in [6.07, 6.45) is 1.09. The Morgan fingerprint density at radius 3 is 2.25 bits per heavy atom. The van der Waals surface area contributed by atoms with Crippen molar-refractivity contribution in [2.75, 3.05) is 0 Å². The Labute approximate surface area is 46.1 Å². The van der Waals surface area contributed by atoms with E-state index in [2.05, 4.69) is 0 Å². The molecule has 5 heteroatoms. The van der Waals surface area contributed by atoms with Crippen LogP contribution in [0.4, 0.5) is 4.79 Å². The first-order chi connectivity index (χ1) is 3.63. The average molecular weight is 133 g/mol. The third-order valence-corrected chi connectivity index (χ3v) is 1.84. The van der Waals surface area contributed by atoms with E-state index >= 15 is 0 Å². The van der Waals surface area contributed by atoms with Gasteiger partial charge < -0.3 is 5.32 Å². The third-order valence-electron chi connectivity index (χ3n) is 0.707. The molecule has 8 heavy (non-hydrogen) atoms. The first-order valence-electron chi connectivity index (χ1n) is 1.85. The van der Waals surface area contributed by atoms with Crippen molar-refractivity contribution < 1.29 is 13.2 Å². The quantitative estimate of drug-likeness (QED) is 0.488. The Morgan fingerprint density at radius 1 is 1.50 bits per heavy atom. The molecule has 1 aliphatic heterocycles. The molecule has 1 rings (SSSR count). The van der Waals surface area contributed by atoms with Crippen LogP contribution >= 0.6 is 0 Å². The van der Waals surface area contributed by atoms with Crippen LogP contribution in [0.25, 0.3) is 0 Å². The number of carbonyl (C=O) groups is 1. The zero-order valence-corrected chi connectivity index (χ0v) is 4.60. The number of hydrogen-bond donors (Lipinski definition) is 1. The summed E-state index contributed by atoms with van der Waals surface area (Å²) in [5.74, 6) is 0. The highest BCUT2D eigenvalue weighted by atomic mass is 32.2. The molecule has 0 aromatic rings. The lowest BCUT2D eigenvalue weighted by molar-refractivity contribution is 0.262. The van der Waals surface area contributed by atoms with Gasteiger partial charge in [0, 0.05) is 6.20 Å². The predicted octanol–water partition coefficient (Wildman–Crippen LogP) is -0.404. The Bertz CT molecular complexity index is 237. The van der Waals surface area contributed by atoms with Crippen LogP contribution in [0, 0.1) is 0 Å². The van der Waals surface area contributed by atoms with E-state index in [0.717, 1.165) is 11.6 Å². The van der Waals surface area contributed by atoms with Crippen molar-refractivity contribution in [3.05, 3.63) is 11.6 Å². The molecule has 0 unspecified atom stereocenters. The van der Waals surface area contributed by atoms with Crippen molar-refractivity contribution in [1.82, 2.24) is 5.32 Å². The Kier molecular flexibility index (Phi) is 0.872. The van der Waals surface area contributed by atoms with Crippen molar-refractivity contribution in [1.29, 1.82) is 0 Å². The van der Waals surface area contributed by atoms with Gasteiger partial charge in [0.15, 0.2) is 0 Å². The Balaban J connectivity index is 3.19. The maximum Gasteiger partial charge on any atom is 0.344 e. The highest BCUT2D eigenvalue weighted by Crippen LogP contribution is 1.98. The maximum absolute atomic E-state index is 10.3. The molecule has 0 aromatic heterocycles. The maximum atomic E-state index is 10.3. The van der Waals surface area contributed by atoms with Gasteiger partial charge in [0.2, 0.25) is 0 Å². The van der Waals surface area contributed by atoms with Crippen LogP contribution in [-0.4, -0.2) is 13.7 Å². The molecule has 44 valence electrons. The van der Waals surface area contributed by atoms with Gasteiger partial charge in [-0.15, -0.1) is 0 Å². The topological polar surface area (TPSA) is 63.2 Å². The zero-order chi connectivity index (χ0) is 6.20. The van der Waals surface area contributed by atoms with Crippen LogP contribution < -0.4 is 5.32 Å². The van der Waals surface area contributed by atoms with Crippen LogP contribution in [-0.2, 0) is 9.84 Å². The molecule has 0 aromatic carbocycles. The molecular weight excluding hydrogens is 130 g/mol. The zero-order valence-electron chi connectivity index (χ0n) is 3.79. The molecule has 0 radical (unpaired) electrons. The molecule has 1 N–H and O–H groups in total. The molecule has 0 fully saturated rings. The SMILES string of the molecule is O=C1NC=CS1(=O)=O.